The van der Waals surface area contributed by atoms with E-state index in [1.165, 1.54) is 6.07 Å². The number of ether oxygens (including phenoxy) is 1. The van der Waals surface area contributed by atoms with Gasteiger partial charge in [0.25, 0.3) is 11.8 Å². The van der Waals surface area contributed by atoms with Crippen LogP contribution in [0.5, 0.6) is 5.75 Å². The first-order valence-electron chi connectivity index (χ1n) is 6.87. The summed E-state index contributed by atoms with van der Waals surface area (Å²) < 4.78 is 5.16. The van der Waals surface area contributed by atoms with E-state index in [1.807, 2.05) is 6.07 Å². The Bertz CT molecular complexity index is 748. The highest BCUT2D eigenvalue weighted by molar-refractivity contribution is 5.94. The normalized spacial score (nSPS) is 9.70. The van der Waals surface area contributed by atoms with Crippen molar-refractivity contribution in [3.63, 3.8) is 0 Å². The second-order valence-corrected chi connectivity index (χ2v) is 4.77. The van der Waals surface area contributed by atoms with E-state index in [0.717, 1.165) is 5.56 Å². The molecule has 0 aromatic heterocycles. The van der Waals surface area contributed by atoms with Gasteiger partial charge < -0.3 is 15.8 Å². The maximum Gasteiger partial charge on any atom is 0.255 e. The molecule has 0 radical (unpaired) electrons. The van der Waals surface area contributed by atoms with Crippen molar-refractivity contribution in [2.75, 3.05) is 6.61 Å². The Morgan fingerprint density at radius 3 is 2.57 bits per heavy atom. The molecule has 2 aromatic rings. The van der Waals surface area contributed by atoms with Crippen LogP contribution in [0.15, 0.2) is 48.5 Å². The lowest BCUT2D eigenvalue weighted by Crippen LogP contribution is -2.23. The summed E-state index contributed by atoms with van der Waals surface area (Å²) in [5, 5.41) is 11.5. The fourth-order valence-electron chi connectivity index (χ4n) is 1.86. The summed E-state index contributed by atoms with van der Waals surface area (Å²) in [6.45, 7) is 0.104. The van der Waals surface area contributed by atoms with Crippen molar-refractivity contribution >= 4 is 11.8 Å². The van der Waals surface area contributed by atoms with Crippen LogP contribution in [0, 0.1) is 11.3 Å². The van der Waals surface area contributed by atoms with Crippen molar-refractivity contribution in [1.82, 2.24) is 5.32 Å². The SMILES string of the molecule is N#Cc1ccc(CNC(=O)c2cccc(OCC(N)=O)c2)cc1. The Balaban J connectivity index is 1.95. The van der Waals surface area contributed by atoms with E-state index in [9.17, 15) is 9.59 Å². The Kier molecular flexibility index (Phi) is 5.31. The summed E-state index contributed by atoms with van der Waals surface area (Å²) in [5.41, 5.74) is 6.88. The van der Waals surface area contributed by atoms with Crippen molar-refractivity contribution in [2.45, 2.75) is 6.54 Å². The molecule has 0 aliphatic heterocycles. The molecule has 0 atom stereocenters. The topological polar surface area (TPSA) is 105 Å². The van der Waals surface area contributed by atoms with E-state index >= 15 is 0 Å². The van der Waals surface area contributed by atoms with Gasteiger partial charge in [-0.2, -0.15) is 5.26 Å². The van der Waals surface area contributed by atoms with Crippen molar-refractivity contribution in [3.05, 3.63) is 65.2 Å². The lowest BCUT2D eigenvalue weighted by Gasteiger charge is -2.08. The van der Waals surface area contributed by atoms with Gasteiger partial charge in [0.1, 0.15) is 5.75 Å². The zero-order chi connectivity index (χ0) is 16.7. The van der Waals surface area contributed by atoms with Crippen molar-refractivity contribution < 1.29 is 14.3 Å². The molecule has 0 spiro atoms. The van der Waals surface area contributed by atoms with E-state index in [-0.39, 0.29) is 12.5 Å². The van der Waals surface area contributed by atoms with Gasteiger partial charge in [0.05, 0.1) is 11.6 Å². The molecule has 0 unspecified atom stereocenters. The second kappa shape index (κ2) is 7.61. The fourth-order valence-corrected chi connectivity index (χ4v) is 1.86. The van der Waals surface area contributed by atoms with Crippen LogP contribution < -0.4 is 15.8 Å². The highest BCUT2D eigenvalue weighted by Crippen LogP contribution is 2.13. The monoisotopic (exact) mass is 309 g/mol. The number of nitrogens with two attached hydrogens (primary N) is 1. The van der Waals surface area contributed by atoms with E-state index in [0.29, 0.717) is 23.4 Å². The molecule has 2 rings (SSSR count). The van der Waals surface area contributed by atoms with Crippen LogP contribution in [0.25, 0.3) is 0 Å². The smallest absolute Gasteiger partial charge is 0.255 e. The van der Waals surface area contributed by atoms with Gasteiger partial charge in [0.2, 0.25) is 0 Å². The molecular weight excluding hydrogens is 294 g/mol. The average molecular weight is 309 g/mol. The molecule has 6 heteroatoms. The molecular formula is C17H15N3O3. The predicted molar refractivity (Wildman–Crippen MR) is 83.5 cm³/mol. The lowest BCUT2D eigenvalue weighted by molar-refractivity contribution is -0.119. The molecule has 0 aliphatic rings. The molecule has 0 heterocycles. The number of benzene rings is 2. The number of hydrogen-bond acceptors (Lipinski definition) is 4. The fraction of sp³-hybridized carbons (Fsp3) is 0.118. The van der Waals surface area contributed by atoms with Gasteiger partial charge >= 0.3 is 0 Å². The van der Waals surface area contributed by atoms with Crippen molar-refractivity contribution in [1.29, 1.82) is 5.26 Å². The van der Waals surface area contributed by atoms with Gasteiger partial charge in [0.15, 0.2) is 6.61 Å². The van der Waals surface area contributed by atoms with Crippen LogP contribution in [0.2, 0.25) is 0 Å². The van der Waals surface area contributed by atoms with E-state index in [2.05, 4.69) is 5.32 Å². The largest absolute Gasteiger partial charge is 0.484 e. The maximum absolute atomic E-state index is 12.1. The minimum absolute atomic E-state index is 0.240. The van der Waals surface area contributed by atoms with Gasteiger partial charge in [-0.25, -0.2) is 0 Å². The van der Waals surface area contributed by atoms with Crippen LogP contribution in [-0.4, -0.2) is 18.4 Å². The molecule has 0 bridgehead atoms. The summed E-state index contributed by atoms with van der Waals surface area (Å²) in [4.78, 5) is 22.8. The van der Waals surface area contributed by atoms with Crippen LogP contribution in [0.1, 0.15) is 21.5 Å². The predicted octanol–water partition coefficient (Wildman–Crippen LogP) is 1.35. The summed E-state index contributed by atoms with van der Waals surface area (Å²) in [6.07, 6.45) is 0. The van der Waals surface area contributed by atoms with E-state index in [4.69, 9.17) is 15.7 Å². The Morgan fingerprint density at radius 1 is 1.17 bits per heavy atom. The molecule has 0 saturated heterocycles. The van der Waals surface area contributed by atoms with Gasteiger partial charge in [-0.15, -0.1) is 0 Å². The first-order chi connectivity index (χ1) is 11.1. The number of nitrogens with zero attached hydrogens (tertiary/aromatic N) is 1. The summed E-state index contributed by atoms with van der Waals surface area (Å²) in [6, 6.07) is 15.5. The van der Waals surface area contributed by atoms with Gasteiger partial charge in [-0.05, 0) is 35.9 Å². The highest BCUT2D eigenvalue weighted by atomic mass is 16.5. The number of hydrogen-bond donors (Lipinski definition) is 2. The third kappa shape index (κ3) is 4.86. The number of primary amides is 1. The summed E-state index contributed by atoms with van der Waals surface area (Å²) in [7, 11) is 0. The van der Waals surface area contributed by atoms with Crippen molar-refractivity contribution in [3.8, 4) is 11.8 Å². The summed E-state index contributed by atoms with van der Waals surface area (Å²) in [5.74, 6) is -0.450. The number of nitrogens with one attached hydrogen (secondary N) is 1. The van der Waals surface area contributed by atoms with Gasteiger partial charge in [-0.1, -0.05) is 18.2 Å². The van der Waals surface area contributed by atoms with Crippen LogP contribution in [0.4, 0.5) is 0 Å². The third-order valence-electron chi connectivity index (χ3n) is 3.01. The standard InChI is InChI=1S/C17H15N3O3/c18-9-12-4-6-13(7-5-12)10-20-17(22)14-2-1-3-15(8-14)23-11-16(19)21/h1-8H,10-11H2,(H2,19,21)(H,20,22). The van der Waals surface area contributed by atoms with Crippen molar-refractivity contribution in [2.24, 2.45) is 5.73 Å². The maximum atomic E-state index is 12.1. The number of nitriles is 1. The lowest BCUT2D eigenvalue weighted by atomic mass is 10.1. The quantitative estimate of drug-likeness (QED) is 0.840. The van der Waals surface area contributed by atoms with Gasteiger partial charge in [-0.3, -0.25) is 9.59 Å². The molecule has 2 aromatic carbocycles. The summed E-state index contributed by atoms with van der Waals surface area (Å²) >= 11 is 0. The highest BCUT2D eigenvalue weighted by Gasteiger charge is 2.07. The van der Waals surface area contributed by atoms with Crippen LogP contribution in [0.3, 0.4) is 0 Å². The molecule has 116 valence electrons. The number of amides is 2. The molecule has 0 fully saturated rings. The Labute approximate surface area is 133 Å². The minimum atomic E-state index is -0.583. The molecule has 0 saturated carbocycles. The number of carbonyl (C=O) groups is 2. The molecule has 3 N–H and O–H groups in total. The van der Waals surface area contributed by atoms with E-state index in [1.54, 1.807) is 42.5 Å². The molecule has 6 nitrogen and oxygen atoms in total. The van der Waals surface area contributed by atoms with Crippen LogP contribution >= 0.6 is 0 Å². The van der Waals surface area contributed by atoms with E-state index < -0.39 is 5.91 Å². The second-order valence-electron chi connectivity index (χ2n) is 4.77. The average Bonchev–Trinajstić information content (AvgIpc) is 2.58. The Hall–Kier alpha value is -3.33. The molecule has 2 amide bonds. The Morgan fingerprint density at radius 2 is 1.91 bits per heavy atom. The molecule has 0 aliphatic carbocycles. The number of rotatable bonds is 6. The zero-order valence-corrected chi connectivity index (χ0v) is 12.3. The zero-order valence-electron chi connectivity index (χ0n) is 12.3. The molecule has 23 heavy (non-hydrogen) atoms. The van der Waals surface area contributed by atoms with Crippen LogP contribution in [-0.2, 0) is 11.3 Å². The first kappa shape index (κ1) is 16.0. The number of carbonyl (C=O) groups excluding carboxylic acids is 2. The first-order valence-corrected chi connectivity index (χ1v) is 6.87. The third-order valence-corrected chi connectivity index (χ3v) is 3.01. The van der Waals surface area contributed by atoms with Gasteiger partial charge in [0, 0.05) is 12.1 Å². The minimum Gasteiger partial charge on any atom is -0.484 e.